The summed E-state index contributed by atoms with van der Waals surface area (Å²) in [5.74, 6) is 1.02. The van der Waals surface area contributed by atoms with Crippen LogP contribution in [0.15, 0.2) is 30.6 Å². The highest BCUT2D eigenvalue weighted by molar-refractivity contribution is 6.80. The quantitative estimate of drug-likeness (QED) is 0.785. The van der Waals surface area contributed by atoms with Gasteiger partial charge >= 0.3 is 0 Å². The predicted octanol–water partition coefficient (Wildman–Crippen LogP) is 5.23. The van der Waals surface area contributed by atoms with Crippen LogP contribution in [0.3, 0.4) is 0 Å². The van der Waals surface area contributed by atoms with Crippen LogP contribution in [-0.2, 0) is 0 Å². The van der Waals surface area contributed by atoms with E-state index in [1.165, 1.54) is 38.5 Å². The maximum Gasteiger partial charge on any atom is 0.137 e. The molecule has 2 aliphatic rings. The topological polar surface area (TPSA) is 37.8 Å². The van der Waals surface area contributed by atoms with E-state index in [1.807, 2.05) is 6.07 Å². The number of para-hydroxylation sites is 1. The number of rotatable bonds is 3. The van der Waals surface area contributed by atoms with E-state index in [-0.39, 0.29) is 0 Å². The number of anilines is 1. The van der Waals surface area contributed by atoms with Crippen molar-refractivity contribution in [3.05, 3.63) is 30.6 Å². The first kappa shape index (κ1) is 15.1. The number of hydrogen-bond donors (Lipinski definition) is 1. The van der Waals surface area contributed by atoms with E-state index in [1.54, 1.807) is 18.4 Å². The molecular formula is C19H27N3Si. The number of hydrogen-bond acceptors (Lipinski definition) is 3. The van der Waals surface area contributed by atoms with Crippen molar-refractivity contribution < 1.29 is 0 Å². The Bertz CT molecular complexity index is 668. The van der Waals surface area contributed by atoms with Crippen LogP contribution in [0.25, 0.3) is 10.9 Å². The summed E-state index contributed by atoms with van der Waals surface area (Å²) in [6.45, 7) is 2.68. The van der Waals surface area contributed by atoms with Crippen molar-refractivity contribution in [3.63, 3.8) is 0 Å². The zero-order valence-corrected chi connectivity index (χ0v) is 15.1. The molecule has 23 heavy (non-hydrogen) atoms. The van der Waals surface area contributed by atoms with Crippen molar-refractivity contribution in [3.8, 4) is 0 Å². The molecule has 0 bridgehead atoms. The predicted molar refractivity (Wildman–Crippen MR) is 99.6 cm³/mol. The van der Waals surface area contributed by atoms with Gasteiger partial charge in [-0.2, -0.15) is 0 Å². The van der Waals surface area contributed by atoms with E-state index in [0.717, 1.165) is 22.3 Å². The zero-order chi connectivity index (χ0) is 15.7. The van der Waals surface area contributed by atoms with Crippen LogP contribution < -0.4 is 5.32 Å². The minimum atomic E-state index is -0.904. The van der Waals surface area contributed by atoms with Crippen molar-refractivity contribution in [2.24, 2.45) is 0 Å². The Labute approximate surface area is 139 Å². The standard InChI is InChI=1S/C19H27N3Si/c1-23(12-4-5-13-23)16-10-8-15(9-11-16)22-19-17-6-2-3-7-18(17)20-14-21-19/h2-3,6-7,14-16H,4-5,8-13H2,1H3,(H,20,21,22)/t15-,16+. The molecule has 122 valence electrons. The van der Waals surface area contributed by atoms with Crippen LogP contribution >= 0.6 is 0 Å². The average molecular weight is 326 g/mol. The minimum Gasteiger partial charge on any atom is -0.367 e. The molecular weight excluding hydrogens is 298 g/mol. The van der Waals surface area contributed by atoms with Gasteiger partial charge in [0.25, 0.3) is 0 Å². The largest absolute Gasteiger partial charge is 0.367 e. The molecule has 4 rings (SSSR count). The van der Waals surface area contributed by atoms with Gasteiger partial charge in [-0.25, -0.2) is 9.97 Å². The van der Waals surface area contributed by atoms with Gasteiger partial charge in [0.05, 0.1) is 13.6 Å². The van der Waals surface area contributed by atoms with Gasteiger partial charge in [-0.3, -0.25) is 0 Å². The average Bonchev–Trinajstić information content (AvgIpc) is 3.04. The van der Waals surface area contributed by atoms with Crippen LogP contribution in [0.1, 0.15) is 38.5 Å². The first-order valence-corrected chi connectivity index (χ1v) is 12.2. The molecule has 2 fully saturated rings. The van der Waals surface area contributed by atoms with E-state index >= 15 is 0 Å². The molecule has 4 heteroatoms. The fourth-order valence-corrected chi connectivity index (χ4v) is 9.75. The van der Waals surface area contributed by atoms with E-state index in [0.29, 0.717) is 6.04 Å². The molecule has 1 aliphatic carbocycles. The van der Waals surface area contributed by atoms with E-state index in [2.05, 4.69) is 40.0 Å². The van der Waals surface area contributed by atoms with Gasteiger partial charge in [0.15, 0.2) is 0 Å². The summed E-state index contributed by atoms with van der Waals surface area (Å²) in [6, 6.07) is 12.1. The Kier molecular flexibility index (Phi) is 4.10. The summed E-state index contributed by atoms with van der Waals surface area (Å²) in [7, 11) is -0.904. The monoisotopic (exact) mass is 325 g/mol. The van der Waals surface area contributed by atoms with Crippen LogP contribution in [0.2, 0.25) is 24.2 Å². The summed E-state index contributed by atoms with van der Waals surface area (Å²) in [5, 5.41) is 4.86. The highest BCUT2D eigenvalue weighted by Gasteiger charge is 2.40. The van der Waals surface area contributed by atoms with Crippen LogP contribution in [0, 0.1) is 0 Å². The maximum absolute atomic E-state index is 4.50. The molecule has 2 aromatic rings. The SMILES string of the molecule is C[Si]1([C@H]2CC[C@@H](Nc3ncnc4ccccc34)CC2)CCCC1. The molecule has 0 spiro atoms. The highest BCUT2D eigenvalue weighted by atomic mass is 28.3. The van der Waals surface area contributed by atoms with Gasteiger partial charge in [0.1, 0.15) is 12.1 Å². The Morgan fingerprint density at radius 2 is 1.74 bits per heavy atom. The summed E-state index contributed by atoms with van der Waals surface area (Å²) in [5.41, 5.74) is 2.11. The summed E-state index contributed by atoms with van der Waals surface area (Å²) < 4.78 is 0. The second kappa shape index (κ2) is 6.23. The van der Waals surface area contributed by atoms with Gasteiger partial charge in [-0.1, -0.05) is 56.5 Å². The molecule has 3 nitrogen and oxygen atoms in total. The molecule has 1 aromatic heterocycles. The minimum absolute atomic E-state index is 0.587. The van der Waals surface area contributed by atoms with Gasteiger partial charge in [0, 0.05) is 11.4 Å². The van der Waals surface area contributed by atoms with Crippen LogP contribution in [0.4, 0.5) is 5.82 Å². The number of benzene rings is 1. The Morgan fingerprint density at radius 3 is 2.52 bits per heavy atom. The molecule has 1 N–H and O–H groups in total. The third kappa shape index (κ3) is 3.01. The molecule has 2 heterocycles. The third-order valence-electron chi connectivity index (χ3n) is 6.34. The van der Waals surface area contributed by atoms with Crippen molar-refractivity contribution in [1.82, 2.24) is 9.97 Å². The molecule has 1 saturated heterocycles. The van der Waals surface area contributed by atoms with Crippen molar-refractivity contribution in [2.45, 2.75) is 68.7 Å². The lowest BCUT2D eigenvalue weighted by molar-refractivity contribution is 0.452. The lowest BCUT2D eigenvalue weighted by atomic mass is 9.94. The van der Waals surface area contributed by atoms with Crippen molar-refractivity contribution in [2.75, 3.05) is 5.32 Å². The summed E-state index contributed by atoms with van der Waals surface area (Å²) in [6.07, 6.45) is 10.2. The molecule has 0 unspecified atom stereocenters. The lowest BCUT2D eigenvalue weighted by Gasteiger charge is -2.38. The molecule has 0 amide bonds. The van der Waals surface area contributed by atoms with Crippen LogP contribution in [-0.4, -0.2) is 24.1 Å². The van der Waals surface area contributed by atoms with Crippen LogP contribution in [0.5, 0.6) is 0 Å². The summed E-state index contributed by atoms with van der Waals surface area (Å²) >= 11 is 0. The van der Waals surface area contributed by atoms with Gasteiger partial charge in [-0.05, 0) is 30.5 Å². The number of nitrogens with zero attached hydrogens (tertiary/aromatic N) is 2. The smallest absolute Gasteiger partial charge is 0.137 e. The molecule has 0 radical (unpaired) electrons. The molecule has 1 saturated carbocycles. The Morgan fingerprint density at radius 1 is 1.00 bits per heavy atom. The molecule has 1 aliphatic heterocycles. The van der Waals surface area contributed by atoms with E-state index in [4.69, 9.17) is 0 Å². The lowest BCUT2D eigenvalue weighted by Crippen LogP contribution is -2.37. The van der Waals surface area contributed by atoms with E-state index in [9.17, 15) is 0 Å². The maximum atomic E-state index is 4.50. The first-order valence-electron chi connectivity index (χ1n) is 9.21. The normalized spacial score (nSPS) is 27.2. The van der Waals surface area contributed by atoms with Crippen molar-refractivity contribution in [1.29, 1.82) is 0 Å². The zero-order valence-electron chi connectivity index (χ0n) is 14.1. The van der Waals surface area contributed by atoms with Gasteiger partial charge in [-0.15, -0.1) is 0 Å². The second-order valence-corrected chi connectivity index (χ2v) is 12.9. The number of fused-ring (bicyclic) bond motifs is 1. The first-order chi connectivity index (χ1) is 11.2. The Hall–Kier alpha value is -1.42. The third-order valence-corrected chi connectivity index (χ3v) is 11.9. The summed E-state index contributed by atoms with van der Waals surface area (Å²) in [4.78, 5) is 8.86. The fourth-order valence-electron chi connectivity index (χ4n) is 4.84. The number of nitrogens with one attached hydrogen (secondary N) is 1. The highest BCUT2D eigenvalue weighted by Crippen LogP contribution is 2.46. The Balaban J connectivity index is 1.43. The second-order valence-electron chi connectivity index (χ2n) is 7.79. The van der Waals surface area contributed by atoms with Gasteiger partial charge in [0.2, 0.25) is 0 Å². The van der Waals surface area contributed by atoms with Gasteiger partial charge < -0.3 is 5.32 Å². The van der Waals surface area contributed by atoms with E-state index < -0.39 is 8.07 Å². The van der Waals surface area contributed by atoms with Crippen molar-refractivity contribution >= 4 is 24.8 Å². The molecule has 0 atom stereocenters. The number of aromatic nitrogens is 2. The fraction of sp³-hybridized carbons (Fsp3) is 0.579. The molecule has 1 aromatic carbocycles.